The Balaban J connectivity index is 2.84. The lowest BCUT2D eigenvalue weighted by molar-refractivity contribution is -0.133. The fraction of sp³-hybridized carbons (Fsp3) is 0.111. The van der Waals surface area contributed by atoms with Crippen LogP contribution in [0.15, 0.2) is 35.4 Å². The number of rotatable bonds is 2. The molecule has 68 valence electrons. The van der Waals surface area contributed by atoms with Crippen molar-refractivity contribution in [2.24, 2.45) is 0 Å². The zero-order valence-corrected chi connectivity index (χ0v) is 7.99. The standard InChI is InChI=1S/C9H9NO2S/c1-2-3-4-9(13)10-7(11)5-6-8(10)12/h2-6,13H,1H3/b3-2-,9-4-. The van der Waals surface area contributed by atoms with Crippen LogP contribution in [0.2, 0.25) is 0 Å². The molecule has 0 aliphatic carbocycles. The highest BCUT2D eigenvalue weighted by molar-refractivity contribution is 7.84. The average molecular weight is 195 g/mol. The van der Waals surface area contributed by atoms with Crippen molar-refractivity contribution in [1.82, 2.24) is 4.90 Å². The molecule has 1 aliphatic heterocycles. The van der Waals surface area contributed by atoms with E-state index < -0.39 is 0 Å². The van der Waals surface area contributed by atoms with E-state index in [-0.39, 0.29) is 11.8 Å². The fourth-order valence-corrected chi connectivity index (χ4v) is 1.17. The van der Waals surface area contributed by atoms with Crippen LogP contribution >= 0.6 is 12.6 Å². The first-order valence-corrected chi connectivity index (χ1v) is 4.19. The molecule has 0 aromatic rings. The summed E-state index contributed by atoms with van der Waals surface area (Å²) >= 11 is 4.03. The Morgan fingerprint density at radius 2 is 1.92 bits per heavy atom. The second kappa shape index (κ2) is 4.09. The highest BCUT2D eigenvalue weighted by Crippen LogP contribution is 2.15. The molecular formula is C9H9NO2S. The summed E-state index contributed by atoms with van der Waals surface area (Å²) in [5, 5.41) is 0.332. The molecule has 2 amide bonds. The first-order valence-electron chi connectivity index (χ1n) is 3.75. The Bertz CT molecular complexity index is 311. The molecule has 1 aliphatic rings. The van der Waals surface area contributed by atoms with Gasteiger partial charge in [-0.05, 0) is 13.0 Å². The zero-order valence-electron chi connectivity index (χ0n) is 7.10. The van der Waals surface area contributed by atoms with Crippen LogP contribution < -0.4 is 0 Å². The summed E-state index contributed by atoms with van der Waals surface area (Å²) in [5.74, 6) is -0.702. The largest absolute Gasteiger partial charge is 0.269 e. The van der Waals surface area contributed by atoms with Crippen LogP contribution in [0.25, 0.3) is 0 Å². The van der Waals surface area contributed by atoms with Gasteiger partial charge in [-0.15, -0.1) is 12.6 Å². The van der Waals surface area contributed by atoms with Crippen LogP contribution in [0.5, 0.6) is 0 Å². The van der Waals surface area contributed by atoms with Gasteiger partial charge < -0.3 is 0 Å². The van der Waals surface area contributed by atoms with E-state index in [0.717, 1.165) is 4.90 Å². The predicted molar refractivity (Wildman–Crippen MR) is 52.9 cm³/mol. The molecule has 0 N–H and O–H groups in total. The highest BCUT2D eigenvalue weighted by atomic mass is 32.1. The van der Waals surface area contributed by atoms with Gasteiger partial charge in [0.05, 0.1) is 5.03 Å². The Labute approximate surface area is 81.8 Å². The number of carbonyl (C=O) groups excluding carboxylic acids is 2. The maximum Gasteiger partial charge on any atom is 0.258 e. The molecule has 0 atom stereocenters. The number of hydrogen-bond acceptors (Lipinski definition) is 3. The normalized spacial score (nSPS) is 18.0. The third kappa shape index (κ3) is 2.09. The number of carbonyl (C=O) groups is 2. The van der Waals surface area contributed by atoms with Crippen LogP contribution in [-0.4, -0.2) is 16.7 Å². The lowest BCUT2D eigenvalue weighted by Crippen LogP contribution is -2.26. The van der Waals surface area contributed by atoms with Crippen molar-refractivity contribution >= 4 is 24.4 Å². The van der Waals surface area contributed by atoms with Crippen molar-refractivity contribution in [2.75, 3.05) is 0 Å². The van der Waals surface area contributed by atoms with Gasteiger partial charge >= 0.3 is 0 Å². The molecule has 0 aromatic heterocycles. The molecule has 0 saturated carbocycles. The van der Waals surface area contributed by atoms with Gasteiger partial charge in [0, 0.05) is 12.2 Å². The van der Waals surface area contributed by atoms with Gasteiger partial charge in [-0.2, -0.15) is 0 Å². The molecule has 13 heavy (non-hydrogen) atoms. The maximum atomic E-state index is 11.1. The quantitative estimate of drug-likeness (QED) is 0.409. The van der Waals surface area contributed by atoms with E-state index in [9.17, 15) is 9.59 Å². The molecule has 0 saturated heterocycles. The summed E-state index contributed by atoms with van der Waals surface area (Å²) in [6, 6.07) is 0. The predicted octanol–water partition coefficient (Wildman–Crippen LogP) is 1.26. The SMILES string of the molecule is C/C=C\C=C(/S)N1C(=O)C=CC1=O. The third-order valence-corrected chi connectivity index (χ3v) is 1.83. The topological polar surface area (TPSA) is 37.4 Å². The van der Waals surface area contributed by atoms with Crippen molar-refractivity contribution in [3.63, 3.8) is 0 Å². The zero-order chi connectivity index (χ0) is 9.84. The van der Waals surface area contributed by atoms with E-state index in [2.05, 4.69) is 12.6 Å². The second-order valence-electron chi connectivity index (χ2n) is 2.40. The Hall–Kier alpha value is -1.29. The molecule has 0 bridgehead atoms. The number of thiol groups is 1. The molecule has 0 spiro atoms. The smallest absolute Gasteiger partial charge is 0.258 e. The van der Waals surface area contributed by atoms with Gasteiger partial charge in [0.2, 0.25) is 0 Å². The number of hydrogen-bond donors (Lipinski definition) is 1. The van der Waals surface area contributed by atoms with Crippen LogP contribution in [0.1, 0.15) is 6.92 Å². The first-order chi connectivity index (χ1) is 6.16. The number of nitrogens with zero attached hydrogens (tertiary/aromatic N) is 1. The van der Waals surface area contributed by atoms with E-state index in [1.165, 1.54) is 12.2 Å². The van der Waals surface area contributed by atoms with E-state index in [1.807, 2.05) is 6.92 Å². The summed E-state index contributed by atoms with van der Waals surface area (Å²) in [6.45, 7) is 1.84. The fourth-order valence-electron chi connectivity index (χ4n) is 0.883. The number of amides is 2. The summed E-state index contributed by atoms with van der Waals surface area (Å²) in [6.07, 6.45) is 7.53. The van der Waals surface area contributed by atoms with Gasteiger partial charge in [-0.1, -0.05) is 12.2 Å². The van der Waals surface area contributed by atoms with Gasteiger partial charge in [0.15, 0.2) is 0 Å². The Kier molecular flexibility index (Phi) is 3.08. The molecule has 0 aromatic carbocycles. The molecule has 0 radical (unpaired) electrons. The minimum atomic E-state index is -0.351. The van der Waals surface area contributed by atoms with Gasteiger partial charge in [0.25, 0.3) is 11.8 Å². The van der Waals surface area contributed by atoms with Crippen molar-refractivity contribution in [2.45, 2.75) is 6.92 Å². The summed E-state index contributed by atoms with van der Waals surface area (Å²) < 4.78 is 0. The van der Waals surface area contributed by atoms with E-state index in [4.69, 9.17) is 0 Å². The van der Waals surface area contributed by atoms with Crippen molar-refractivity contribution in [3.8, 4) is 0 Å². The van der Waals surface area contributed by atoms with Crippen LogP contribution in [0, 0.1) is 0 Å². The molecule has 1 rings (SSSR count). The molecular weight excluding hydrogens is 186 g/mol. The maximum absolute atomic E-state index is 11.1. The third-order valence-electron chi connectivity index (χ3n) is 1.48. The van der Waals surface area contributed by atoms with Crippen molar-refractivity contribution in [1.29, 1.82) is 0 Å². The number of imide groups is 1. The Morgan fingerprint density at radius 1 is 1.38 bits per heavy atom. The molecule has 4 heteroatoms. The summed E-state index contributed by atoms with van der Waals surface area (Å²) in [7, 11) is 0. The molecule has 0 fully saturated rings. The van der Waals surface area contributed by atoms with Gasteiger partial charge in [0.1, 0.15) is 0 Å². The summed E-state index contributed by atoms with van der Waals surface area (Å²) in [4.78, 5) is 23.2. The minimum Gasteiger partial charge on any atom is -0.269 e. The Morgan fingerprint density at radius 3 is 2.38 bits per heavy atom. The lowest BCUT2D eigenvalue weighted by atomic mass is 10.5. The van der Waals surface area contributed by atoms with Crippen molar-refractivity contribution < 1.29 is 9.59 Å². The van der Waals surface area contributed by atoms with Gasteiger partial charge in [-0.3, -0.25) is 9.59 Å². The van der Waals surface area contributed by atoms with Gasteiger partial charge in [-0.25, -0.2) is 4.90 Å². The van der Waals surface area contributed by atoms with Crippen molar-refractivity contribution in [3.05, 3.63) is 35.4 Å². The lowest BCUT2D eigenvalue weighted by Gasteiger charge is -2.11. The van der Waals surface area contributed by atoms with Crippen LogP contribution in [-0.2, 0) is 9.59 Å². The van der Waals surface area contributed by atoms with E-state index >= 15 is 0 Å². The first kappa shape index (κ1) is 9.80. The van der Waals surface area contributed by atoms with Crippen LogP contribution in [0.3, 0.4) is 0 Å². The van der Waals surface area contributed by atoms with E-state index in [0.29, 0.717) is 5.03 Å². The second-order valence-corrected chi connectivity index (χ2v) is 2.85. The summed E-state index contributed by atoms with van der Waals surface area (Å²) in [5.41, 5.74) is 0. The molecule has 3 nitrogen and oxygen atoms in total. The minimum absolute atomic E-state index is 0.332. The molecule has 0 unspecified atom stereocenters. The molecule has 1 heterocycles. The average Bonchev–Trinajstić information content (AvgIpc) is 2.42. The van der Waals surface area contributed by atoms with E-state index in [1.54, 1.807) is 18.2 Å². The highest BCUT2D eigenvalue weighted by Gasteiger charge is 2.24. The number of allylic oxidation sites excluding steroid dienone is 3. The monoisotopic (exact) mass is 195 g/mol. The van der Waals surface area contributed by atoms with Crippen LogP contribution in [0.4, 0.5) is 0 Å².